The lowest BCUT2D eigenvalue weighted by molar-refractivity contribution is 0.0125. The maximum Gasteiger partial charge on any atom is 0.296 e. The minimum absolute atomic E-state index is 0.367. The second-order valence-corrected chi connectivity index (χ2v) is 4.37. The molecule has 0 saturated carbocycles. The number of rotatable bonds is 5. The molecule has 0 amide bonds. The van der Waals surface area contributed by atoms with Gasteiger partial charge in [0.2, 0.25) is 5.76 Å². The highest BCUT2D eigenvalue weighted by atomic mass is 16.5. The van der Waals surface area contributed by atoms with Gasteiger partial charge < -0.3 is 19.7 Å². The van der Waals surface area contributed by atoms with Gasteiger partial charge in [-0.3, -0.25) is 0 Å². The molecule has 0 radical (unpaired) electrons. The fourth-order valence-electron chi connectivity index (χ4n) is 2.10. The Hall–Kier alpha value is -2.13. The number of aliphatic hydroxyl groups excluding tert-OH is 1. The first kappa shape index (κ1) is 14.3. The van der Waals surface area contributed by atoms with E-state index in [9.17, 15) is 10.2 Å². The van der Waals surface area contributed by atoms with E-state index >= 15 is 0 Å². The van der Waals surface area contributed by atoms with Crippen LogP contribution in [-0.2, 0) is 15.1 Å². The Balaban J connectivity index is 2.57. The van der Waals surface area contributed by atoms with Crippen molar-refractivity contribution in [3.05, 3.63) is 71.2 Å². The molecule has 20 heavy (non-hydrogen) atoms. The molecule has 4 heteroatoms. The summed E-state index contributed by atoms with van der Waals surface area (Å²) < 4.78 is 10.4. The van der Waals surface area contributed by atoms with Crippen LogP contribution in [0.25, 0.3) is 0 Å². The summed E-state index contributed by atoms with van der Waals surface area (Å²) in [5.41, 5.74) is -0.590. The van der Waals surface area contributed by atoms with Gasteiger partial charge in [0.05, 0.1) is 26.9 Å². The van der Waals surface area contributed by atoms with Gasteiger partial charge in [-0.2, -0.15) is 0 Å². The smallest absolute Gasteiger partial charge is 0.296 e. The van der Waals surface area contributed by atoms with Crippen LogP contribution in [0, 0.1) is 6.08 Å². The summed E-state index contributed by atoms with van der Waals surface area (Å²) in [5, 5.41) is 20.6. The lowest BCUT2D eigenvalue weighted by Gasteiger charge is -2.25. The minimum atomic E-state index is -1.57. The van der Waals surface area contributed by atoms with Gasteiger partial charge >= 0.3 is 0 Å². The van der Waals surface area contributed by atoms with Gasteiger partial charge in [0.1, 0.15) is 11.6 Å². The largest absolute Gasteiger partial charge is 0.468 e. The lowest BCUT2D eigenvalue weighted by atomic mass is 9.84. The Kier molecular flexibility index (Phi) is 4.20. The van der Waals surface area contributed by atoms with Crippen LogP contribution in [-0.4, -0.2) is 31.0 Å². The molecule has 0 fully saturated rings. The van der Waals surface area contributed by atoms with E-state index in [1.807, 2.05) is 6.07 Å². The van der Waals surface area contributed by atoms with Crippen LogP contribution in [0.2, 0.25) is 0 Å². The van der Waals surface area contributed by atoms with Gasteiger partial charge in [0.25, 0.3) is 5.76 Å². The van der Waals surface area contributed by atoms with Crippen molar-refractivity contribution in [2.24, 2.45) is 0 Å². The van der Waals surface area contributed by atoms with Crippen LogP contribution in [0.3, 0.4) is 0 Å². The molecule has 1 aromatic carbocycles. The molecule has 1 aliphatic rings. The molecule has 104 valence electrons. The number of benzene rings is 1. The van der Waals surface area contributed by atoms with Gasteiger partial charge in [0.15, 0.2) is 11.7 Å². The number of allylic oxidation sites excluding steroid dienone is 2. The number of ether oxygens (including phenoxy) is 2. The third-order valence-corrected chi connectivity index (χ3v) is 3.24. The summed E-state index contributed by atoms with van der Waals surface area (Å²) >= 11 is 0. The van der Waals surface area contributed by atoms with Crippen LogP contribution in [0.4, 0.5) is 0 Å². The number of hydrogen-bond acceptors (Lipinski definition) is 4. The van der Waals surface area contributed by atoms with Crippen LogP contribution in [0.5, 0.6) is 0 Å². The summed E-state index contributed by atoms with van der Waals surface area (Å²) in [5.74, 6) is 0.898. The summed E-state index contributed by atoms with van der Waals surface area (Å²) in [7, 11) is 3.02. The quantitative estimate of drug-likeness (QED) is 0.801. The fraction of sp³-hybridized carbons (Fsp3) is 0.250. The van der Waals surface area contributed by atoms with Crippen molar-refractivity contribution < 1.29 is 19.7 Å². The van der Waals surface area contributed by atoms with Crippen LogP contribution < -0.4 is 0 Å². The third-order valence-electron chi connectivity index (χ3n) is 3.24. The molecule has 0 saturated heterocycles. The molecule has 1 aromatic rings. The topological polar surface area (TPSA) is 58.9 Å². The summed E-state index contributed by atoms with van der Waals surface area (Å²) in [6.45, 7) is -0.478. The van der Waals surface area contributed by atoms with E-state index in [0.717, 1.165) is 0 Å². The summed E-state index contributed by atoms with van der Waals surface area (Å²) in [6.07, 6.45) is 6.15. The fourth-order valence-corrected chi connectivity index (χ4v) is 2.10. The molecule has 4 nitrogen and oxygen atoms in total. The highest BCUT2D eigenvalue weighted by Gasteiger charge is 2.42. The molecule has 0 heterocycles. The Labute approximate surface area is 118 Å². The molecule has 1 unspecified atom stereocenters. The van der Waals surface area contributed by atoms with Crippen molar-refractivity contribution in [2.45, 2.75) is 5.60 Å². The van der Waals surface area contributed by atoms with E-state index in [-0.39, 0.29) is 0 Å². The van der Waals surface area contributed by atoms with Crippen molar-refractivity contribution in [3.63, 3.8) is 0 Å². The molecule has 2 N–H and O–H groups in total. The van der Waals surface area contributed by atoms with Crippen molar-refractivity contribution in [1.29, 1.82) is 0 Å². The van der Waals surface area contributed by atoms with E-state index in [1.54, 1.807) is 36.4 Å². The van der Waals surface area contributed by atoms with Crippen molar-refractivity contribution >= 4 is 0 Å². The first-order valence-corrected chi connectivity index (χ1v) is 6.18. The van der Waals surface area contributed by atoms with E-state index in [1.165, 1.54) is 14.2 Å². The molecule has 1 aliphatic carbocycles. The van der Waals surface area contributed by atoms with Gasteiger partial charge in [-0.1, -0.05) is 30.3 Å². The number of hydrogen-bond donors (Lipinski definition) is 2. The average molecular weight is 273 g/mol. The normalized spacial score (nSPS) is 17.1. The average Bonchev–Trinajstić information content (AvgIpc) is 2.54. The third kappa shape index (κ3) is 2.45. The molecule has 1 atom stereocenters. The SMILES string of the molecule is COC1=CC(C(O)(CO)c2ccccc2)=C(OC)[C+]=C1. The summed E-state index contributed by atoms with van der Waals surface area (Å²) in [6, 6.07) is 8.93. The first-order valence-electron chi connectivity index (χ1n) is 6.18. The van der Waals surface area contributed by atoms with E-state index in [2.05, 4.69) is 6.08 Å². The van der Waals surface area contributed by atoms with Crippen LogP contribution in [0.1, 0.15) is 5.56 Å². The predicted molar refractivity (Wildman–Crippen MR) is 74.4 cm³/mol. The zero-order chi connectivity index (χ0) is 14.6. The number of aliphatic hydroxyl groups is 2. The standard InChI is InChI=1S/C16H17O4/c1-19-13-8-9-15(20-2)14(10-13)16(18,11-17)12-6-4-3-5-7-12/h3-8,10,17-18H,11H2,1-2H3/q+1. The van der Waals surface area contributed by atoms with Gasteiger partial charge in [-0.15, -0.1) is 0 Å². The van der Waals surface area contributed by atoms with Crippen LogP contribution in [0.15, 0.2) is 59.6 Å². The van der Waals surface area contributed by atoms with E-state index in [0.29, 0.717) is 22.7 Å². The lowest BCUT2D eigenvalue weighted by Crippen LogP contribution is -2.33. The molecule has 2 rings (SSSR count). The van der Waals surface area contributed by atoms with Gasteiger partial charge in [0, 0.05) is 5.56 Å². The van der Waals surface area contributed by atoms with Gasteiger partial charge in [-0.25, -0.2) is 0 Å². The highest BCUT2D eigenvalue weighted by Crippen LogP contribution is 2.35. The van der Waals surface area contributed by atoms with Crippen molar-refractivity contribution in [3.8, 4) is 0 Å². The predicted octanol–water partition coefficient (Wildman–Crippen LogP) is 1.67. The Morgan fingerprint density at radius 1 is 1.15 bits per heavy atom. The Morgan fingerprint density at radius 3 is 2.40 bits per heavy atom. The Morgan fingerprint density at radius 2 is 1.85 bits per heavy atom. The maximum atomic E-state index is 10.9. The van der Waals surface area contributed by atoms with Crippen LogP contribution >= 0.6 is 0 Å². The monoisotopic (exact) mass is 273 g/mol. The first-order chi connectivity index (χ1) is 9.65. The molecule has 0 aliphatic heterocycles. The van der Waals surface area contributed by atoms with E-state index < -0.39 is 12.2 Å². The maximum absolute atomic E-state index is 10.9. The van der Waals surface area contributed by atoms with Gasteiger partial charge in [-0.05, 0) is 0 Å². The Bertz CT molecular complexity index is 557. The molecular formula is C16H17O4+. The second kappa shape index (κ2) is 5.88. The molecule has 0 spiro atoms. The summed E-state index contributed by atoms with van der Waals surface area (Å²) in [4.78, 5) is 0. The minimum Gasteiger partial charge on any atom is -0.468 e. The number of methoxy groups -OCH3 is 2. The van der Waals surface area contributed by atoms with Crippen molar-refractivity contribution in [1.82, 2.24) is 0 Å². The second-order valence-electron chi connectivity index (χ2n) is 4.37. The zero-order valence-electron chi connectivity index (χ0n) is 11.5. The zero-order valence-corrected chi connectivity index (χ0v) is 11.5. The highest BCUT2D eigenvalue weighted by molar-refractivity contribution is 5.46. The van der Waals surface area contributed by atoms with Crippen molar-refractivity contribution in [2.75, 3.05) is 20.8 Å². The molecule has 0 bridgehead atoms. The van der Waals surface area contributed by atoms with E-state index in [4.69, 9.17) is 9.47 Å². The molecular weight excluding hydrogens is 256 g/mol. The molecule has 0 aromatic heterocycles.